The van der Waals surface area contributed by atoms with Gasteiger partial charge in [-0.15, -0.1) is 0 Å². The number of rotatable bonds is 7. The van der Waals surface area contributed by atoms with Crippen molar-refractivity contribution in [3.8, 4) is 0 Å². The maximum absolute atomic E-state index is 4.57. The number of aryl methyl sites for hydroxylation is 2. The Labute approximate surface area is 119 Å². The van der Waals surface area contributed by atoms with Crippen LogP contribution in [0, 0.1) is 12.8 Å². The Morgan fingerprint density at radius 1 is 1.28 bits per heavy atom. The van der Waals surface area contributed by atoms with E-state index in [1.165, 1.54) is 23.0 Å². The Balaban J connectivity index is 2.93. The molecule has 1 unspecified atom stereocenters. The monoisotopic (exact) mass is 315 g/mol. The first kappa shape index (κ1) is 15.7. The van der Waals surface area contributed by atoms with Gasteiger partial charge >= 0.3 is 0 Å². The molecule has 0 aromatic carbocycles. The Kier molecular flexibility index (Phi) is 6.36. The van der Waals surface area contributed by atoms with Crippen molar-refractivity contribution in [2.24, 2.45) is 5.92 Å². The fourth-order valence-corrected chi connectivity index (χ4v) is 3.08. The minimum absolute atomic E-state index is 0.526. The maximum Gasteiger partial charge on any atom is 0.0738 e. The molecule has 1 aromatic rings. The van der Waals surface area contributed by atoms with E-state index in [4.69, 9.17) is 0 Å². The summed E-state index contributed by atoms with van der Waals surface area (Å²) >= 11 is 3.68. The van der Waals surface area contributed by atoms with Gasteiger partial charge in [0.1, 0.15) is 0 Å². The minimum atomic E-state index is 0.526. The predicted octanol–water partition coefficient (Wildman–Crippen LogP) is 3.54. The van der Waals surface area contributed by atoms with Crippen LogP contribution in [0.1, 0.15) is 45.0 Å². The Morgan fingerprint density at radius 2 is 1.89 bits per heavy atom. The van der Waals surface area contributed by atoms with Crippen molar-refractivity contribution in [2.45, 2.75) is 59.5 Å². The Bertz CT molecular complexity index is 369. The summed E-state index contributed by atoms with van der Waals surface area (Å²) in [6, 6.07) is 0.526. The number of halogens is 1. The van der Waals surface area contributed by atoms with Gasteiger partial charge in [0.05, 0.1) is 15.9 Å². The molecule has 0 aliphatic rings. The van der Waals surface area contributed by atoms with Crippen LogP contribution in [0.25, 0.3) is 0 Å². The van der Waals surface area contributed by atoms with E-state index < -0.39 is 0 Å². The molecule has 3 nitrogen and oxygen atoms in total. The normalized spacial score (nSPS) is 13.3. The van der Waals surface area contributed by atoms with E-state index in [-0.39, 0.29) is 0 Å². The van der Waals surface area contributed by atoms with Crippen LogP contribution in [0.5, 0.6) is 0 Å². The van der Waals surface area contributed by atoms with Gasteiger partial charge in [-0.05, 0) is 42.7 Å². The molecule has 0 amide bonds. The van der Waals surface area contributed by atoms with Gasteiger partial charge in [-0.2, -0.15) is 5.10 Å². The summed E-state index contributed by atoms with van der Waals surface area (Å²) in [6.07, 6.45) is 3.48. The van der Waals surface area contributed by atoms with Crippen molar-refractivity contribution >= 4 is 15.9 Å². The number of hydrogen-bond acceptors (Lipinski definition) is 2. The molecule has 104 valence electrons. The van der Waals surface area contributed by atoms with E-state index in [1.54, 1.807) is 0 Å². The zero-order valence-corrected chi connectivity index (χ0v) is 13.8. The number of likely N-dealkylation sites (N-methyl/N-ethyl adjacent to an activating group) is 1. The second-order valence-corrected chi connectivity index (χ2v) is 5.63. The molecule has 1 rings (SSSR count). The van der Waals surface area contributed by atoms with Gasteiger partial charge in [0.25, 0.3) is 0 Å². The van der Waals surface area contributed by atoms with Crippen LogP contribution >= 0.6 is 15.9 Å². The molecule has 18 heavy (non-hydrogen) atoms. The second kappa shape index (κ2) is 7.29. The van der Waals surface area contributed by atoms with Crippen molar-refractivity contribution in [1.29, 1.82) is 0 Å². The number of nitrogens with zero attached hydrogens (tertiary/aromatic N) is 2. The molecule has 0 spiro atoms. The third-order valence-electron chi connectivity index (χ3n) is 3.85. The van der Waals surface area contributed by atoms with Gasteiger partial charge in [0.15, 0.2) is 0 Å². The van der Waals surface area contributed by atoms with Gasteiger partial charge < -0.3 is 5.32 Å². The summed E-state index contributed by atoms with van der Waals surface area (Å²) < 4.78 is 3.29. The molecule has 0 saturated carbocycles. The maximum atomic E-state index is 4.57. The second-order valence-electron chi connectivity index (χ2n) is 4.84. The zero-order chi connectivity index (χ0) is 13.7. The molecule has 0 radical (unpaired) electrons. The van der Waals surface area contributed by atoms with Gasteiger partial charge in [-0.1, -0.05) is 26.7 Å². The first-order chi connectivity index (χ1) is 8.58. The Morgan fingerprint density at radius 3 is 2.33 bits per heavy atom. The van der Waals surface area contributed by atoms with Crippen molar-refractivity contribution in [3.63, 3.8) is 0 Å². The van der Waals surface area contributed by atoms with Crippen LogP contribution in [0.3, 0.4) is 0 Å². The van der Waals surface area contributed by atoms with E-state index in [9.17, 15) is 0 Å². The third-order valence-corrected chi connectivity index (χ3v) is 4.89. The highest BCUT2D eigenvalue weighted by Crippen LogP contribution is 2.25. The molecule has 0 aliphatic heterocycles. The van der Waals surface area contributed by atoms with E-state index in [0.29, 0.717) is 6.04 Å². The predicted molar refractivity (Wildman–Crippen MR) is 81.0 cm³/mol. The van der Waals surface area contributed by atoms with Crippen molar-refractivity contribution < 1.29 is 0 Å². The average molecular weight is 316 g/mol. The highest BCUT2D eigenvalue weighted by molar-refractivity contribution is 9.10. The third kappa shape index (κ3) is 3.35. The molecule has 0 aliphatic carbocycles. The zero-order valence-electron chi connectivity index (χ0n) is 12.3. The van der Waals surface area contributed by atoms with E-state index in [2.05, 4.69) is 65.8 Å². The lowest BCUT2D eigenvalue weighted by atomic mass is 9.91. The molecule has 1 atom stereocenters. The van der Waals surface area contributed by atoms with Crippen LogP contribution in [0.15, 0.2) is 4.47 Å². The summed E-state index contributed by atoms with van der Waals surface area (Å²) in [4.78, 5) is 0. The smallest absolute Gasteiger partial charge is 0.0738 e. The lowest BCUT2D eigenvalue weighted by Crippen LogP contribution is -2.35. The molecule has 1 N–H and O–H groups in total. The van der Waals surface area contributed by atoms with Gasteiger partial charge in [0, 0.05) is 19.0 Å². The number of aromatic nitrogens is 2. The lowest BCUT2D eigenvalue weighted by Gasteiger charge is -2.25. The standard InChI is InChI=1S/C14H26BrN3/c1-6-11(7-2)12(16-5)9-13-14(15)10(4)17-18(13)8-3/h11-12,16H,6-9H2,1-5H3. The van der Waals surface area contributed by atoms with E-state index in [1.807, 2.05) is 0 Å². The van der Waals surface area contributed by atoms with Crippen molar-refractivity contribution in [1.82, 2.24) is 15.1 Å². The molecule has 0 fully saturated rings. The van der Waals surface area contributed by atoms with Crippen LogP contribution in [-0.2, 0) is 13.0 Å². The first-order valence-electron chi connectivity index (χ1n) is 6.97. The SMILES string of the molecule is CCC(CC)C(Cc1c(Br)c(C)nn1CC)NC. The minimum Gasteiger partial charge on any atom is -0.316 e. The fourth-order valence-electron chi connectivity index (χ4n) is 2.63. The summed E-state index contributed by atoms with van der Waals surface area (Å²) in [5.74, 6) is 0.724. The number of hydrogen-bond donors (Lipinski definition) is 1. The molecule has 0 bridgehead atoms. The summed E-state index contributed by atoms with van der Waals surface area (Å²) in [5.41, 5.74) is 2.41. The highest BCUT2D eigenvalue weighted by Gasteiger charge is 2.21. The van der Waals surface area contributed by atoms with Gasteiger partial charge in [-0.3, -0.25) is 4.68 Å². The van der Waals surface area contributed by atoms with Crippen LogP contribution < -0.4 is 5.32 Å². The molecule has 4 heteroatoms. The van der Waals surface area contributed by atoms with E-state index >= 15 is 0 Å². The number of nitrogens with one attached hydrogen (secondary N) is 1. The van der Waals surface area contributed by atoms with Crippen LogP contribution in [0.2, 0.25) is 0 Å². The van der Waals surface area contributed by atoms with E-state index in [0.717, 1.165) is 24.6 Å². The van der Waals surface area contributed by atoms with Crippen LogP contribution in [-0.4, -0.2) is 22.9 Å². The molecular formula is C14H26BrN3. The van der Waals surface area contributed by atoms with Gasteiger partial charge in [-0.25, -0.2) is 0 Å². The summed E-state index contributed by atoms with van der Waals surface area (Å²) in [6.45, 7) is 9.69. The van der Waals surface area contributed by atoms with Crippen LogP contribution in [0.4, 0.5) is 0 Å². The quantitative estimate of drug-likeness (QED) is 0.834. The molecule has 1 aromatic heterocycles. The van der Waals surface area contributed by atoms with Gasteiger partial charge in [0.2, 0.25) is 0 Å². The summed E-state index contributed by atoms with van der Waals surface area (Å²) in [5, 5.41) is 8.05. The molecule has 1 heterocycles. The highest BCUT2D eigenvalue weighted by atomic mass is 79.9. The largest absolute Gasteiger partial charge is 0.316 e. The average Bonchev–Trinajstić information content (AvgIpc) is 2.66. The molecule has 0 saturated heterocycles. The lowest BCUT2D eigenvalue weighted by molar-refractivity contribution is 0.342. The fraction of sp³-hybridized carbons (Fsp3) is 0.786. The molecular weight excluding hydrogens is 290 g/mol. The topological polar surface area (TPSA) is 29.9 Å². The summed E-state index contributed by atoms with van der Waals surface area (Å²) in [7, 11) is 2.07. The van der Waals surface area contributed by atoms with Crippen molar-refractivity contribution in [2.75, 3.05) is 7.05 Å². The Hall–Kier alpha value is -0.350. The first-order valence-corrected chi connectivity index (χ1v) is 7.77. The van der Waals surface area contributed by atoms with Crippen molar-refractivity contribution in [3.05, 3.63) is 15.9 Å².